The number of rotatable bonds is 8. The highest BCUT2D eigenvalue weighted by Gasteiger charge is 2.20. The summed E-state index contributed by atoms with van der Waals surface area (Å²) in [5.41, 5.74) is 3.30. The monoisotopic (exact) mass is 611 g/mol. The predicted octanol–water partition coefficient (Wildman–Crippen LogP) is 3.95. The van der Waals surface area contributed by atoms with Gasteiger partial charge in [-0.05, 0) is 42.0 Å². The lowest BCUT2D eigenvalue weighted by Crippen LogP contribution is -2.40. The number of hydrogen-bond donors (Lipinski definition) is 3. The van der Waals surface area contributed by atoms with E-state index in [-0.39, 0.29) is 29.7 Å². The Bertz CT molecular complexity index is 1720. The van der Waals surface area contributed by atoms with Crippen LogP contribution < -0.4 is 21.4 Å². The molecule has 1 saturated heterocycles. The fraction of sp³-hybridized carbons (Fsp3) is 0.273. The Balaban J connectivity index is 1.38. The lowest BCUT2D eigenvalue weighted by molar-refractivity contribution is 0.0302. The van der Waals surface area contributed by atoms with Crippen molar-refractivity contribution in [3.63, 3.8) is 0 Å². The summed E-state index contributed by atoms with van der Waals surface area (Å²) in [4.78, 5) is 45.0. The van der Waals surface area contributed by atoms with Crippen LogP contribution in [0.1, 0.15) is 26.3 Å². The van der Waals surface area contributed by atoms with Crippen molar-refractivity contribution >= 4 is 42.3 Å². The lowest BCUT2D eigenvalue weighted by atomic mass is 9.99. The van der Waals surface area contributed by atoms with E-state index in [0.717, 1.165) is 0 Å². The van der Waals surface area contributed by atoms with Gasteiger partial charge in [-0.2, -0.15) is 0 Å². The van der Waals surface area contributed by atoms with E-state index in [1.54, 1.807) is 48.5 Å². The molecule has 3 heterocycles. The number of aliphatic hydroxyl groups excluding tert-OH is 1. The van der Waals surface area contributed by atoms with Gasteiger partial charge in [0.25, 0.3) is 17.4 Å². The summed E-state index contributed by atoms with van der Waals surface area (Å²) in [6, 6.07) is 18.1. The maximum atomic E-state index is 13.1. The van der Waals surface area contributed by atoms with Crippen LogP contribution in [0.2, 0.25) is 19.6 Å². The number of morpholine rings is 1. The van der Waals surface area contributed by atoms with Crippen LogP contribution in [0.4, 0.5) is 17.2 Å². The summed E-state index contributed by atoms with van der Waals surface area (Å²) in [6.45, 7) is 8.53. The van der Waals surface area contributed by atoms with E-state index in [1.165, 1.54) is 16.0 Å². The largest absolute Gasteiger partial charge is 0.392 e. The molecule has 2 aromatic carbocycles. The van der Waals surface area contributed by atoms with E-state index < -0.39 is 8.07 Å². The van der Waals surface area contributed by atoms with Crippen molar-refractivity contribution < 1.29 is 19.4 Å². The Kier molecular flexibility index (Phi) is 9.09. The molecule has 0 radical (unpaired) electrons. The van der Waals surface area contributed by atoms with Crippen molar-refractivity contribution in [1.82, 2.24) is 14.5 Å². The molecule has 0 spiro atoms. The van der Waals surface area contributed by atoms with Gasteiger partial charge in [0.15, 0.2) is 0 Å². The third kappa shape index (κ3) is 6.80. The molecule has 11 heteroatoms. The SMILES string of the molecule is Cn1cc(-c2cccc(NC(=O)c3ccc([Si](C)(C)C)cc3)c2CO)cc(Nc2ccc(C(=O)N3CCOCC3)cn2)c1=O. The van der Waals surface area contributed by atoms with Crippen LogP contribution >= 0.6 is 0 Å². The normalized spacial score (nSPS) is 13.4. The molecule has 1 aliphatic rings. The van der Waals surface area contributed by atoms with Crippen molar-refractivity contribution in [2.75, 3.05) is 36.9 Å². The van der Waals surface area contributed by atoms with Crippen molar-refractivity contribution in [2.45, 2.75) is 26.2 Å². The molecule has 0 bridgehead atoms. The number of amides is 2. The highest BCUT2D eigenvalue weighted by molar-refractivity contribution is 6.88. The number of carbonyl (C=O) groups excluding carboxylic acids is 2. The molecule has 2 aromatic heterocycles. The highest BCUT2D eigenvalue weighted by atomic mass is 28.3. The van der Waals surface area contributed by atoms with Crippen LogP contribution in [0.5, 0.6) is 0 Å². The van der Waals surface area contributed by atoms with E-state index in [4.69, 9.17) is 4.74 Å². The summed E-state index contributed by atoms with van der Waals surface area (Å²) < 4.78 is 6.77. The number of carbonyl (C=O) groups is 2. The Morgan fingerprint density at radius 3 is 2.32 bits per heavy atom. The molecule has 5 rings (SSSR count). The van der Waals surface area contributed by atoms with Crippen molar-refractivity contribution in [3.05, 3.63) is 100 Å². The maximum absolute atomic E-state index is 13.1. The molecule has 4 aromatic rings. The standard InChI is InChI=1S/C33H37N5O5Si/c1-37-20-24(18-29(33(37)42)35-30-13-10-23(19-34-30)32(41)38-14-16-43-17-15-38)26-6-5-7-28(27(26)21-39)36-31(40)22-8-11-25(12-9-22)44(2,3)4/h5-13,18-20,39H,14-17,21H2,1-4H3,(H,34,35)(H,36,40). The second kappa shape index (κ2) is 13.0. The number of nitrogens with one attached hydrogen (secondary N) is 2. The van der Waals surface area contributed by atoms with Gasteiger partial charge in [0.1, 0.15) is 11.5 Å². The minimum Gasteiger partial charge on any atom is -0.392 e. The number of anilines is 3. The van der Waals surface area contributed by atoms with E-state index in [9.17, 15) is 19.5 Å². The van der Waals surface area contributed by atoms with Gasteiger partial charge in [-0.15, -0.1) is 0 Å². The smallest absolute Gasteiger partial charge is 0.274 e. The first kappa shape index (κ1) is 30.9. The zero-order valence-electron chi connectivity index (χ0n) is 25.4. The Labute approximate surface area is 257 Å². The fourth-order valence-electron chi connectivity index (χ4n) is 5.09. The third-order valence-electron chi connectivity index (χ3n) is 7.66. The zero-order chi connectivity index (χ0) is 31.4. The molecule has 0 saturated carbocycles. The second-order valence-corrected chi connectivity index (χ2v) is 16.9. The number of nitrogens with zero attached hydrogens (tertiary/aromatic N) is 3. The zero-order valence-corrected chi connectivity index (χ0v) is 26.4. The summed E-state index contributed by atoms with van der Waals surface area (Å²) in [7, 11) is 0.147. The molecule has 44 heavy (non-hydrogen) atoms. The first-order chi connectivity index (χ1) is 21.0. The van der Waals surface area contributed by atoms with Crippen molar-refractivity contribution in [2.24, 2.45) is 7.05 Å². The van der Waals surface area contributed by atoms with E-state index in [2.05, 4.69) is 35.3 Å². The molecule has 1 aliphatic heterocycles. The van der Waals surface area contributed by atoms with Gasteiger partial charge in [-0.1, -0.05) is 49.1 Å². The van der Waals surface area contributed by atoms with Crippen LogP contribution in [0, 0.1) is 0 Å². The number of aliphatic hydroxyl groups is 1. The highest BCUT2D eigenvalue weighted by Crippen LogP contribution is 2.31. The van der Waals surface area contributed by atoms with Gasteiger partial charge < -0.3 is 29.9 Å². The Hall–Kier alpha value is -4.58. The topological polar surface area (TPSA) is 126 Å². The summed E-state index contributed by atoms with van der Waals surface area (Å²) >= 11 is 0. The van der Waals surface area contributed by atoms with Crippen molar-refractivity contribution in [3.8, 4) is 11.1 Å². The Morgan fingerprint density at radius 2 is 1.68 bits per heavy atom. The third-order valence-corrected chi connectivity index (χ3v) is 9.73. The molecule has 0 atom stereocenters. The molecular weight excluding hydrogens is 574 g/mol. The molecule has 1 fully saturated rings. The quantitative estimate of drug-likeness (QED) is 0.258. The van der Waals surface area contributed by atoms with Gasteiger partial charge in [-0.3, -0.25) is 14.4 Å². The van der Waals surface area contributed by atoms with Gasteiger partial charge in [0, 0.05) is 54.9 Å². The first-order valence-corrected chi connectivity index (χ1v) is 18.0. The molecule has 3 N–H and O–H groups in total. The minimum absolute atomic E-state index is 0.114. The van der Waals surface area contributed by atoms with Crippen LogP contribution in [-0.4, -0.2) is 65.7 Å². The van der Waals surface area contributed by atoms with Crippen LogP contribution in [-0.2, 0) is 18.4 Å². The summed E-state index contributed by atoms with van der Waals surface area (Å²) in [6.07, 6.45) is 3.17. The van der Waals surface area contributed by atoms with Gasteiger partial charge >= 0.3 is 0 Å². The van der Waals surface area contributed by atoms with E-state index >= 15 is 0 Å². The fourth-order valence-corrected chi connectivity index (χ4v) is 6.26. The van der Waals surface area contributed by atoms with Gasteiger partial charge in [0.05, 0.1) is 33.5 Å². The van der Waals surface area contributed by atoms with E-state index in [1.807, 2.05) is 30.3 Å². The van der Waals surface area contributed by atoms with Gasteiger partial charge in [-0.25, -0.2) is 4.98 Å². The summed E-state index contributed by atoms with van der Waals surface area (Å²) in [5, 5.41) is 17.7. The molecule has 0 aliphatic carbocycles. The number of aromatic nitrogens is 2. The van der Waals surface area contributed by atoms with E-state index in [0.29, 0.717) is 65.6 Å². The number of benzene rings is 2. The predicted molar refractivity (Wildman–Crippen MR) is 175 cm³/mol. The van der Waals surface area contributed by atoms with Crippen LogP contribution in [0.3, 0.4) is 0 Å². The molecule has 2 amide bonds. The average Bonchev–Trinajstić information content (AvgIpc) is 3.03. The maximum Gasteiger partial charge on any atom is 0.274 e. The number of aryl methyl sites for hydroxylation is 1. The second-order valence-electron chi connectivity index (χ2n) is 11.8. The molecular formula is C33H37N5O5Si. The number of hydrogen-bond acceptors (Lipinski definition) is 7. The van der Waals surface area contributed by atoms with Crippen LogP contribution in [0.15, 0.2) is 77.9 Å². The molecule has 0 unspecified atom stereocenters. The molecule has 10 nitrogen and oxygen atoms in total. The van der Waals surface area contributed by atoms with Crippen LogP contribution in [0.25, 0.3) is 11.1 Å². The van der Waals surface area contributed by atoms with Gasteiger partial charge in [0.2, 0.25) is 0 Å². The lowest BCUT2D eigenvalue weighted by Gasteiger charge is -2.26. The average molecular weight is 612 g/mol. The van der Waals surface area contributed by atoms with Crippen molar-refractivity contribution in [1.29, 1.82) is 0 Å². The summed E-state index contributed by atoms with van der Waals surface area (Å²) in [5.74, 6) is 0.0158. The molecule has 228 valence electrons. The number of ether oxygens (including phenoxy) is 1. The minimum atomic E-state index is -1.49. The first-order valence-electron chi connectivity index (χ1n) is 14.5. The number of pyridine rings is 2. The Morgan fingerprint density at radius 1 is 0.977 bits per heavy atom.